The predicted molar refractivity (Wildman–Crippen MR) is 200 cm³/mol. The van der Waals surface area contributed by atoms with Crippen LogP contribution in [-0.2, 0) is 51.9 Å². The number of alkyl halides is 1. The zero-order valence-electron chi connectivity index (χ0n) is 27.2. The maximum Gasteiger partial charge on any atom is 0.113 e. The molecule has 6 heteroatoms. The maximum atomic E-state index is 7.00. The van der Waals surface area contributed by atoms with Gasteiger partial charge in [-0.25, -0.2) is 0 Å². The average molecular weight is 754 g/mol. The molecule has 0 amide bonds. The van der Waals surface area contributed by atoms with Crippen molar-refractivity contribution in [3.8, 4) is 0 Å². The number of benzene rings is 5. The van der Waals surface area contributed by atoms with E-state index in [4.69, 9.17) is 18.9 Å². The first kappa shape index (κ1) is 34.5. The zero-order valence-corrected chi connectivity index (χ0v) is 29.4. The SMILES string of the molecule is IC[C@H]1[C@H](OCc2ccccc2)[C@@H](OCc2ccccc2)[C@H](OCc2ccccc2)[C@H](COCc2ccccc2)N1Cc1ccccc1. The smallest absolute Gasteiger partial charge is 0.113 e. The second kappa shape index (κ2) is 18.4. The first-order valence-corrected chi connectivity index (χ1v) is 18.2. The van der Waals surface area contributed by atoms with Gasteiger partial charge < -0.3 is 18.9 Å². The fraction of sp³-hybridized carbons (Fsp3) is 0.286. The second-order valence-corrected chi connectivity index (χ2v) is 13.1. The first-order valence-electron chi connectivity index (χ1n) is 16.7. The number of halogens is 1. The van der Waals surface area contributed by atoms with Crippen LogP contribution < -0.4 is 0 Å². The molecular formula is C42H44INO4. The Bertz CT molecular complexity index is 1590. The summed E-state index contributed by atoms with van der Waals surface area (Å²) in [5, 5.41) is 0. The number of hydrogen-bond acceptors (Lipinski definition) is 5. The van der Waals surface area contributed by atoms with Gasteiger partial charge in [-0.2, -0.15) is 0 Å². The quantitative estimate of drug-likeness (QED) is 0.0746. The minimum absolute atomic E-state index is 0.0530. The van der Waals surface area contributed by atoms with Crippen LogP contribution in [0.3, 0.4) is 0 Å². The van der Waals surface area contributed by atoms with E-state index in [-0.39, 0.29) is 30.4 Å². The first-order chi connectivity index (χ1) is 23.8. The van der Waals surface area contributed by atoms with Crippen molar-refractivity contribution >= 4 is 22.6 Å². The van der Waals surface area contributed by atoms with Crippen molar-refractivity contribution in [1.29, 1.82) is 0 Å². The Hall–Kier alpha value is -3.37. The van der Waals surface area contributed by atoms with E-state index in [1.807, 2.05) is 24.3 Å². The van der Waals surface area contributed by atoms with Crippen LogP contribution in [0.15, 0.2) is 152 Å². The van der Waals surface area contributed by atoms with Gasteiger partial charge in [-0.3, -0.25) is 4.90 Å². The molecule has 248 valence electrons. The van der Waals surface area contributed by atoms with Crippen molar-refractivity contribution < 1.29 is 18.9 Å². The Kier molecular flexibility index (Phi) is 13.2. The van der Waals surface area contributed by atoms with Crippen LogP contribution in [0.25, 0.3) is 0 Å². The lowest BCUT2D eigenvalue weighted by atomic mass is 9.87. The number of likely N-dealkylation sites (tertiary alicyclic amines) is 1. The third-order valence-corrected chi connectivity index (χ3v) is 9.78. The molecule has 0 bridgehead atoms. The largest absolute Gasteiger partial charge is 0.375 e. The van der Waals surface area contributed by atoms with Gasteiger partial charge in [0.2, 0.25) is 0 Å². The molecule has 5 nitrogen and oxygen atoms in total. The molecule has 0 aliphatic carbocycles. The van der Waals surface area contributed by atoms with Crippen LogP contribution in [0.1, 0.15) is 27.8 Å². The molecule has 0 unspecified atom stereocenters. The summed E-state index contributed by atoms with van der Waals surface area (Å²) in [5.74, 6) is 0. The molecule has 0 aromatic heterocycles. The molecule has 48 heavy (non-hydrogen) atoms. The summed E-state index contributed by atoms with van der Waals surface area (Å²) in [6.07, 6.45) is -0.913. The molecule has 1 aliphatic rings. The second-order valence-electron chi connectivity index (χ2n) is 12.2. The molecule has 5 atom stereocenters. The Morgan fingerprint density at radius 2 is 0.771 bits per heavy atom. The molecule has 5 aromatic rings. The number of rotatable bonds is 16. The van der Waals surface area contributed by atoms with Crippen LogP contribution in [0, 0.1) is 0 Å². The third kappa shape index (κ3) is 9.62. The van der Waals surface area contributed by atoms with E-state index in [9.17, 15) is 0 Å². The van der Waals surface area contributed by atoms with E-state index in [2.05, 4.69) is 155 Å². The van der Waals surface area contributed by atoms with E-state index in [1.165, 1.54) is 5.56 Å². The molecule has 0 radical (unpaired) electrons. The normalized spacial score (nSPS) is 21.2. The molecule has 1 saturated heterocycles. The lowest BCUT2D eigenvalue weighted by Crippen LogP contribution is -2.69. The molecule has 5 aromatic carbocycles. The highest BCUT2D eigenvalue weighted by Crippen LogP contribution is 2.35. The number of nitrogens with zero attached hydrogens (tertiary/aromatic N) is 1. The Morgan fingerprint density at radius 1 is 0.417 bits per heavy atom. The fourth-order valence-electron chi connectivity index (χ4n) is 6.42. The summed E-state index contributed by atoms with van der Waals surface area (Å²) >= 11 is 2.52. The highest BCUT2D eigenvalue weighted by Gasteiger charge is 2.51. The molecule has 6 rings (SSSR count). The minimum Gasteiger partial charge on any atom is -0.375 e. The molecule has 0 saturated carbocycles. The molecule has 1 heterocycles. The van der Waals surface area contributed by atoms with Crippen molar-refractivity contribution in [1.82, 2.24) is 4.90 Å². The van der Waals surface area contributed by atoms with Crippen LogP contribution in [-0.4, -0.2) is 46.3 Å². The topological polar surface area (TPSA) is 40.2 Å². The summed E-state index contributed by atoms with van der Waals surface area (Å²) in [6.45, 7) is 3.18. The van der Waals surface area contributed by atoms with Crippen molar-refractivity contribution in [2.75, 3.05) is 11.0 Å². The Morgan fingerprint density at radius 3 is 1.19 bits per heavy atom. The van der Waals surface area contributed by atoms with Crippen LogP contribution in [0.5, 0.6) is 0 Å². The summed E-state index contributed by atoms with van der Waals surface area (Å²) in [5.41, 5.74) is 5.77. The van der Waals surface area contributed by atoms with Gasteiger partial charge in [0.15, 0.2) is 0 Å². The van der Waals surface area contributed by atoms with Gasteiger partial charge in [0.05, 0.1) is 39.1 Å². The van der Waals surface area contributed by atoms with E-state index >= 15 is 0 Å². The molecular weight excluding hydrogens is 709 g/mol. The average Bonchev–Trinajstić information content (AvgIpc) is 3.15. The van der Waals surface area contributed by atoms with Crippen molar-refractivity contribution in [3.05, 3.63) is 179 Å². The van der Waals surface area contributed by atoms with Gasteiger partial charge in [-0.1, -0.05) is 174 Å². The van der Waals surface area contributed by atoms with Crippen LogP contribution >= 0.6 is 22.6 Å². The number of ether oxygens (including phenoxy) is 4. The third-order valence-electron chi connectivity index (χ3n) is 8.88. The molecule has 1 fully saturated rings. The van der Waals surface area contributed by atoms with Crippen LogP contribution in [0.2, 0.25) is 0 Å². The minimum atomic E-state index is -0.338. The van der Waals surface area contributed by atoms with E-state index < -0.39 is 0 Å². The van der Waals surface area contributed by atoms with Crippen molar-refractivity contribution in [2.45, 2.75) is 63.4 Å². The summed E-state index contributed by atoms with van der Waals surface area (Å²) in [7, 11) is 0. The number of piperidine rings is 1. The highest BCUT2D eigenvalue weighted by molar-refractivity contribution is 14.1. The van der Waals surface area contributed by atoms with Gasteiger partial charge in [-0.05, 0) is 27.8 Å². The molecule has 0 spiro atoms. The van der Waals surface area contributed by atoms with Crippen molar-refractivity contribution in [3.63, 3.8) is 0 Å². The van der Waals surface area contributed by atoms with Crippen molar-refractivity contribution in [2.24, 2.45) is 0 Å². The number of hydrogen-bond donors (Lipinski definition) is 0. The summed E-state index contributed by atoms with van der Waals surface area (Å²) < 4.78 is 28.3. The molecule has 0 N–H and O–H groups in total. The maximum absolute atomic E-state index is 7.00. The summed E-state index contributed by atoms with van der Waals surface area (Å²) in [4.78, 5) is 2.56. The fourth-order valence-corrected chi connectivity index (χ4v) is 7.42. The van der Waals surface area contributed by atoms with Gasteiger partial charge >= 0.3 is 0 Å². The van der Waals surface area contributed by atoms with Crippen LogP contribution in [0.4, 0.5) is 0 Å². The van der Waals surface area contributed by atoms with E-state index in [1.54, 1.807) is 0 Å². The van der Waals surface area contributed by atoms with Gasteiger partial charge in [-0.15, -0.1) is 0 Å². The van der Waals surface area contributed by atoms with Gasteiger partial charge in [0.25, 0.3) is 0 Å². The lowest BCUT2D eigenvalue weighted by molar-refractivity contribution is -0.227. The van der Waals surface area contributed by atoms with E-state index in [0.717, 1.165) is 33.2 Å². The lowest BCUT2D eigenvalue weighted by Gasteiger charge is -2.52. The summed E-state index contributed by atoms with van der Waals surface area (Å²) in [6, 6.07) is 52.2. The monoisotopic (exact) mass is 753 g/mol. The Labute approximate surface area is 299 Å². The zero-order chi connectivity index (χ0) is 32.8. The van der Waals surface area contributed by atoms with E-state index in [0.29, 0.717) is 33.0 Å². The highest BCUT2D eigenvalue weighted by atomic mass is 127. The predicted octanol–water partition coefficient (Wildman–Crippen LogP) is 8.65. The van der Waals surface area contributed by atoms with Gasteiger partial charge in [0.1, 0.15) is 18.3 Å². The Balaban J connectivity index is 1.37. The standard InChI is InChI=1S/C42H44INO4/c43-26-38-40(46-29-35-20-10-3-11-21-35)42(48-31-37-24-14-5-15-25-37)41(47-30-36-22-12-4-13-23-36)39(32-45-28-34-18-8-2-9-19-34)44(38)27-33-16-6-1-7-17-33/h1-25,38-42H,26-32H2/t38-,39-,40-,41+,42+/m0/s1. The molecule has 1 aliphatic heterocycles. The van der Waals surface area contributed by atoms with Gasteiger partial charge in [0, 0.05) is 17.0 Å².